The molecule has 0 spiro atoms. The summed E-state index contributed by atoms with van der Waals surface area (Å²) in [4.78, 5) is 0. The Hall–Kier alpha value is -0.850. The predicted octanol–water partition coefficient (Wildman–Crippen LogP) is 1.03. The van der Waals surface area contributed by atoms with Gasteiger partial charge in [-0.2, -0.15) is 0 Å². The van der Waals surface area contributed by atoms with Gasteiger partial charge in [-0.25, -0.2) is 4.58 Å². The zero-order valence-electron chi connectivity index (χ0n) is 4.59. The van der Waals surface area contributed by atoms with Crippen LogP contribution < -0.4 is 0 Å². The van der Waals surface area contributed by atoms with Crippen LogP contribution in [0, 0.1) is 0 Å². The molecule has 0 aromatic carbocycles. The van der Waals surface area contributed by atoms with E-state index in [4.69, 9.17) is 0 Å². The summed E-state index contributed by atoms with van der Waals surface area (Å²) < 4.78 is 1.83. The van der Waals surface area contributed by atoms with Crippen molar-refractivity contribution >= 4 is 6.21 Å². The summed E-state index contributed by atoms with van der Waals surface area (Å²) in [5, 5.41) is 0. The molecule has 0 radical (unpaired) electrons. The van der Waals surface area contributed by atoms with E-state index in [2.05, 4.69) is 13.2 Å². The van der Waals surface area contributed by atoms with Gasteiger partial charge in [-0.1, -0.05) is 6.58 Å². The Labute approximate surface area is 44.3 Å². The van der Waals surface area contributed by atoms with Gasteiger partial charge in [-0.05, 0) is 12.7 Å². The molecule has 38 valence electrons. The maximum Gasteiger partial charge on any atom is 0.167 e. The second kappa shape index (κ2) is 3.34. The molecule has 1 nitrogen and oxygen atoms in total. The monoisotopic (exact) mass is 96.1 g/mol. The van der Waals surface area contributed by atoms with Crippen molar-refractivity contribution in [3.63, 3.8) is 0 Å². The lowest BCUT2D eigenvalue weighted by atomic mass is 10.7. The molecule has 0 saturated heterocycles. The fourth-order valence-electron chi connectivity index (χ4n) is 0.227. The van der Waals surface area contributed by atoms with Crippen LogP contribution in [0.1, 0.15) is 0 Å². The van der Waals surface area contributed by atoms with E-state index in [1.54, 1.807) is 12.3 Å². The third kappa shape index (κ3) is 2.97. The fourth-order valence-corrected chi connectivity index (χ4v) is 0.227. The van der Waals surface area contributed by atoms with E-state index in [1.165, 1.54) is 0 Å². The van der Waals surface area contributed by atoms with E-state index in [0.29, 0.717) is 0 Å². The largest absolute Gasteiger partial charge is 0.208 e. The topological polar surface area (TPSA) is 3.01 Å². The molecule has 0 aromatic rings. The lowest BCUT2D eigenvalue weighted by molar-refractivity contribution is -0.415. The van der Waals surface area contributed by atoms with Gasteiger partial charge in [0.25, 0.3) is 0 Å². The van der Waals surface area contributed by atoms with E-state index in [0.717, 1.165) is 0 Å². The van der Waals surface area contributed by atoms with Gasteiger partial charge in [0.15, 0.2) is 12.4 Å². The Balaban J connectivity index is 3.72. The smallest absolute Gasteiger partial charge is 0.167 e. The van der Waals surface area contributed by atoms with Gasteiger partial charge in [0.2, 0.25) is 0 Å². The van der Waals surface area contributed by atoms with Crippen molar-refractivity contribution in [2.45, 2.75) is 0 Å². The van der Waals surface area contributed by atoms with Crippen molar-refractivity contribution < 1.29 is 4.58 Å². The maximum atomic E-state index is 3.53. The van der Waals surface area contributed by atoms with Crippen molar-refractivity contribution in [2.24, 2.45) is 0 Å². The Morgan fingerprint density at radius 1 is 1.43 bits per heavy atom. The van der Waals surface area contributed by atoms with Crippen LogP contribution in [0.15, 0.2) is 25.4 Å². The standard InChI is InChI=1S/C6H10N/c1-4-6-7(3)5-2/h4-6H,1-2H2,3H3/q+1. The quantitative estimate of drug-likeness (QED) is 0.357. The Morgan fingerprint density at radius 3 is 2.14 bits per heavy atom. The van der Waals surface area contributed by atoms with Crippen molar-refractivity contribution in [3.05, 3.63) is 25.4 Å². The van der Waals surface area contributed by atoms with E-state index in [9.17, 15) is 0 Å². The normalized spacial score (nSPS) is 10.7. The Morgan fingerprint density at radius 2 is 2.00 bits per heavy atom. The van der Waals surface area contributed by atoms with E-state index in [-0.39, 0.29) is 0 Å². The van der Waals surface area contributed by atoms with Gasteiger partial charge in [0, 0.05) is 0 Å². The van der Waals surface area contributed by atoms with Gasteiger partial charge >= 0.3 is 0 Å². The minimum Gasteiger partial charge on any atom is -0.208 e. The number of allylic oxidation sites excluding steroid dienone is 1. The van der Waals surface area contributed by atoms with Gasteiger partial charge in [0.1, 0.15) is 7.05 Å². The van der Waals surface area contributed by atoms with Crippen LogP contribution in [0.25, 0.3) is 0 Å². The summed E-state index contributed by atoms with van der Waals surface area (Å²) in [6, 6.07) is 0. The molecule has 0 bridgehead atoms. The predicted molar refractivity (Wildman–Crippen MR) is 32.6 cm³/mol. The first-order valence-corrected chi connectivity index (χ1v) is 2.11. The van der Waals surface area contributed by atoms with Crippen LogP contribution in [0.3, 0.4) is 0 Å². The van der Waals surface area contributed by atoms with Crippen molar-refractivity contribution in [2.75, 3.05) is 7.05 Å². The molecule has 0 aromatic heterocycles. The number of hydrogen-bond acceptors (Lipinski definition) is 0. The van der Waals surface area contributed by atoms with Crippen LogP contribution in [0.4, 0.5) is 0 Å². The van der Waals surface area contributed by atoms with Crippen LogP contribution in [0.2, 0.25) is 0 Å². The summed E-state index contributed by atoms with van der Waals surface area (Å²) in [5.41, 5.74) is 0. The van der Waals surface area contributed by atoms with Crippen LogP contribution in [0.5, 0.6) is 0 Å². The second-order valence-electron chi connectivity index (χ2n) is 1.23. The lowest BCUT2D eigenvalue weighted by Crippen LogP contribution is -1.92. The maximum absolute atomic E-state index is 3.53. The zero-order chi connectivity index (χ0) is 5.70. The first kappa shape index (κ1) is 6.15. The molecule has 0 aliphatic carbocycles. The van der Waals surface area contributed by atoms with Crippen LogP contribution in [-0.4, -0.2) is 17.8 Å². The molecule has 7 heavy (non-hydrogen) atoms. The second-order valence-corrected chi connectivity index (χ2v) is 1.23. The van der Waals surface area contributed by atoms with Gasteiger partial charge in [0.05, 0.1) is 0 Å². The first-order chi connectivity index (χ1) is 3.31. The van der Waals surface area contributed by atoms with E-state index in [1.807, 2.05) is 17.8 Å². The van der Waals surface area contributed by atoms with Crippen molar-refractivity contribution in [1.29, 1.82) is 0 Å². The molecule has 1 heteroatoms. The molecule has 0 saturated carbocycles. The molecule has 0 rings (SSSR count). The Bertz CT molecular complexity index is 101. The van der Waals surface area contributed by atoms with Crippen LogP contribution >= 0.6 is 0 Å². The molecule has 0 fully saturated rings. The van der Waals surface area contributed by atoms with Gasteiger partial charge < -0.3 is 0 Å². The molecule has 0 amide bonds. The van der Waals surface area contributed by atoms with Gasteiger partial charge in [-0.3, -0.25) is 0 Å². The van der Waals surface area contributed by atoms with Gasteiger partial charge in [-0.15, -0.1) is 0 Å². The molecule has 0 aliphatic rings. The number of hydrogen-bond donors (Lipinski definition) is 0. The minimum absolute atomic E-state index is 1.71. The zero-order valence-corrected chi connectivity index (χ0v) is 4.59. The first-order valence-electron chi connectivity index (χ1n) is 2.11. The molecule has 0 unspecified atom stereocenters. The molecule has 0 N–H and O–H groups in total. The highest BCUT2D eigenvalue weighted by atomic mass is 14.9. The summed E-state index contributed by atoms with van der Waals surface area (Å²) in [5.74, 6) is 0. The highest BCUT2D eigenvalue weighted by molar-refractivity contribution is 5.65. The summed E-state index contributed by atoms with van der Waals surface area (Å²) in [7, 11) is 1.90. The van der Waals surface area contributed by atoms with E-state index >= 15 is 0 Å². The SMILES string of the molecule is C=CC=[N+](C)C=C. The van der Waals surface area contributed by atoms with Crippen molar-refractivity contribution in [1.82, 2.24) is 0 Å². The number of rotatable bonds is 2. The van der Waals surface area contributed by atoms with Crippen LogP contribution in [-0.2, 0) is 0 Å². The fraction of sp³-hybridized carbons (Fsp3) is 0.167. The van der Waals surface area contributed by atoms with Crippen molar-refractivity contribution in [3.8, 4) is 0 Å². The Kier molecular flexibility index (Phi) is 2.94. The summed E-state index contributed by atoms with van der Waals surface area (Å²) >= 11 is 0. The van der Waals surface area contributed by atoms with E-state index < -0.39 is 0 Å². The average Bonchev–Trinajstić information content (AvgIpc) is 1.68. The summed E-state index contributed by atoms with van der Waals surface area (Å²) in [6.07, 6.45) is 5.25. The average molecular weight is 96.2 g/mol. The lowest BCUT2D eigenvalue weighted by Gasteiger charge is -1.76. The molecular formula is C6H10N+. The molecule has 0 heterocycles. The highest BCUT2D eigenvalue weighted by Gasteiger charge is 1.74. The molecule has 0 aliphatic heterocycles. The molecule has 0 atom stereocenters. The summed E-state index contributed by atoms with van der Waals surface area (Å²) in [6.45, 7) is 7.03. The third-order valence-corrected chi connectivity index (χ3v) is 0.629. The minimum atomic E-state index is 1.71. The number of nitrogens with zero attached hydrogens (tertiary/aromatic N) is 1. The molecular weight excluding hydrogens is 86.1 g/mol. The third-order valence-electron chi connectivity index (χ3n) is 0.629. The highest BCUT2D eigenvalue weighted by Crippen LogP contribution is 1.62.